The van der Waals surface area contributed by atoms with Crippen LogP contribution in [0.1, 0.15) is 44.6 Å². The number of rotatable bonds is 10. The molecule has 1 amide bonds. The second-order valence-corrected chi connectivity index (χ2v) is 5.58. The fraction of sp³-hybridized carbons (Fsp3) is 0.529. The van der Waals surface area contributed by atoms with Gasteiger partial charge in [-0.15, -0.1) is 0 Å². The minimum absolute atomic E-state index is 0.0789. The van der Waals surface area contributed by atoms with Crippen LogP contribution in [0.15, 0.2) is 24.3 Å². The van der Waals surface area contributed by atoms with Gasteiger partial charge >= 0.3 is 0 Å². The lowest BCUT2D eigenvalue weighted by molar-refractivity contribution is -0.682. The van der Waals surface area contributed by atoms with Gasteiger partial charge in [-0.2, -0.15) is 0 Å². The lowest BCUT2D eigenvalue weighted by Gasteiger charge is -2.16. The number of nitrogens with one attached hydrogen (secondary N) is 1. The molecule has 0 fully saturated rings. The van der Waals surface area contributed by atoms with Crippen LogP contribution in [0, 0.1) is 6.92 Å². The number of amides is 1. The van der Waals surface area contributed by atoms with Crippen LogP contribution < -0.4 is 15.7 Å². The highest BCUT2D eigenvalue weighted by Gasteiger charge is 2.18. The number of carbonyl (C=O) groups is 2. The fourth-order valence-electron chi connectivity index (χ4n) is 2.27. The molecule has 5 nitrogen and oxygen atoms in total. The Hall–Kier alpha value is -1.88. The van der Waals surface area contributed by atoms with E-state index in [0.717, 1.165) is 31.2 Å². The summed E-state index contributed by atoms with van der Waals surface area (Å²) in [5.41, 5.74) is 1.66. The number of hydrogen-bond donors (Lipinski definition) is 2. The van der Waals surface area contributed by atoms with Crippen molar-refractivity contribution in [1.29, 1.82) is 0 Å². The topological polar surface area (TPSA) is 85.8 Å². The zero-order valence-electron chi connectivity index (χ0n) is 13.4. The number of benzene rings is 1. The van der Waals surface area contributed by atoms with Crippen LogP contribution in [-0.2, 0) is 9.59 Å². The number of carboxylic acids is 1. The van der Waals surface area contributed by atoms with E-state index in [-0.39, 0.29) is 12.3 Å². The molecule has 5 heteroatoms. The van der Waals surface area contributed by atoms with Gasteiger partial charge in [-0.1, -0.05) is 38.0 Å². The molecule has 0 spiro atoms. The Labute approximate surface area is 132 Å². The summed E-state index contributed by atoms with van der Waals surface area (Å²) in [7, 11) is 0. The van der Waals surface area contributed by atoms with Gasteiger partial charge < -0.3 is 20.5 Å². The van der Waals surface area contributed by atoms with Gasteiger partial charge in [0.2, 0.25) is 5.91 Å². The minimum Gasteiger partial charge on any atom is -0.544 e. The first-order valence-electron chi connectivity index (χ1n) is 7.94. The minimum atomic E-state index is -1.18. The largest absolute Gasteiger partial charge is 0.544 e. The number of carbonyl (C=O) groups excluding carboxylic acids is 2. The van der Waals surface area contributed by atoms with Crippen LogP contribution in [0.3, 0.4) is 0 Å². The molecule has 1 aromatic rings. The summed E-state index contributed by atoms with van der Waals surface area (Å²) in [6.07, 6.45) is 4.25. The molecule has 0 unspecified atom stereocenters. The lowest BCUT2D eigenvalue weighted by atomic mass is 10.1. The van der Waals surface area contributed by atoms with Crippen LogP contribution >= 0.6 is 0 Å². The van der Waals surface area contributed by atoms with Crippen molar-refractivity contribution < 1.29 is 20.0 Å². The Morgan fingerprint density at radius 3 is 2.59 bits per heavy atom. The van der Waals surface area contributed by atoms with Gasteiger partial charge in [0.05, 0.1) is 18.9 Å². The molecule has 0 aliphatic carbocycles. The molecule has 0 saturated heterocycles. The third kappa shape index (κ3) is 6.72. The number of aliphatic carboxylic acids is 1. The summed E-state index contributed by atoms with van der Waals surface area (Å²) in [5.74, 6) is -1.48. The Bertz CT molecular complexity index is 489. The number of para-hydroxylation sites is 1. The number of hydrogen-bond acceptors (Lipinski definition) is 3. The number of anilines is 1. The SMILES string of the molecule is CCCCCC[NH2+][C@@H](CC(=O)Nc1ccccc1C)C(=O)[O-]. The zero-order valence-corrected chi connectivity index (χ0v) is 13.4. The molecular weight excluding hydrogens is 280 g/mol. The van der Waals surface area contributed by atoms with Gasteiger partial charge in [0, 0.05) is 5.69 Å². The average molecular weight is 306 g/mol. The summed E-state index contributed by atoms with van der Waals surface area (Å²) in [4.78, 5) is 23.1. The van der Waals surface area contributed by atoms with Crippen molar-refractivity contribution in [1.82, 2.24) is 0 Å². The maximum Gasteiger partial charge on any atom is 0.230 e. The second kappa shape index (κ2) is 9.95. The van der Waals surface area contributed by atoms with E-state index in [4.69, 9.17) is 0 Å². The highest BCUT2D eigenvalue weighted by Crippen LogP contribution is 2.13. The third-order valence-electron chi connectivity index (χ3n) is 3.64. The molecule has 122 valence electrons. The van der Waals surface area contributed by atoms with Crippen molar-refractivity contribution in [3.8, 4) is 0 Å². The summed E-state index contributed by atoms with van der Waals surface area (Å²) in [6.45, 7) is 4.73. The van der Waals surface area contributed by atoms with Gasteiger partial charge in [-0.25, -0.2) is 0 Å². The molecular formula is C17H26N2O3. The first-order valence-corrected chi connectivity index (χ1v) is 7.94. The molecule has 0 saturated carbocycles. The third-order valence-corrected chi connectivity index (χ3v) is 3.64. The van der Waals surface area contributed by atoms with Gasteiger partial charge in [0.15, 0.2) is 0 Å². The van der Waals surface area contributed by atoms with E-state index in [1.165, 1.54) is 0 Å². The van der Waals surface area contributed by atoms with Crippen molar-refractivity contribution in [2.45, 2.75) is 52.0 Å². The van der Waals surface area contributed by atoms with Crippen molar-refractivity contribution in [3.63, 3.8) is 0 Å². The van der Waals surface area contributed by atoms with Crippen LogP contribution in [0.2, 0.25) is 0 Å². The Morgan fingerprint density at radius 1 is 1.23 bits per heavy atom. The molecule has 0 aliphatic rings. The van der Waals surface area contributed by atoms with E-state index >= 15 is 0 Å². The van der Waals surface area contributed by atoms with Crippen molar-refractivity contribution in [2.75, 3.05) is 11.9 Å². The highest BCUT2D eigenvalue weighted by molar-refractivity contribution is 5.93. The summed E-state index contributed by atoms with van der Waals surface area (Å²) in [5, 5.41) is 15.6. The number of quaternary nitrogens is 1. The molecule has 0 aliphatic heterocycles. The molecule has 1 aromatic carbocycles. The number of unbranched alkanes of at least 4 members (excludes halogenated alkanes) is 3. The summed E-state index contributed by atoms with van der Waals surface area (Å²) < 4.78 is 0. The van der Waals surface area contributed by atoms with E-state index in [1.54, 1.807) is 11.4 Å². The van der Waals surface area contributed by atoms with E-state index in [9.17, 15) is 14.7 Å². The molecule has 1 atom stereocenters. The monoisotopic (exact) mass is 306 g/mol. The van der Waals surface area contributed by atoms with Crippen molar-refractivity contribution in [2.24, 2.45) is 0 Å². The molecule has 0 aromatic heterocycles. The van der Waals surface area contributed by atoms with Gasteiger partial charge in [0.1, 0.15) is 6.04 Å². The molecule has 0 radical (unpaired) electrons. The normalized spacial score (nSPS) is 11.9. The molecule has 0 bridgehead atoms. The predicted molar refractivity (Wildman–Crippen MR) is 84.2 cm³/mol. The molecule has 3 N–H and O–H groups in total. The zero-order chi connectivity index (χ0) is 16.4. The van der Waals surface area contributed by atoms with Gasteiger partial charge in [0.25, 0.3) is 0 Å². The molecule has 0 heterocycles. The van der Waals surface area contributed by atoms with Crippen molar-refractivity contribution in [3.05, 3.63) is 29.8 Å². The average Bonchev–Trinajstić information content (AvgIpc) is 2.48. The summed E-state index contributed by atoms with van der Waals surface area (Å²) >= 11 is 0. The standard InChI is InChI=1S/C17H26N2O3/c1-3-4-5-8-11-18-15(17(21)22)12-16(20)19-14-10-7-6-9-13(14)2/h6-7,9-10,15,18H,3-5,8,11-12H2,1-2H3,(H,19,20)(H,21,22)/t15-/m0/s1. The Morgan fingerprint density at radius 2 is 1.95 bits per heavy atom. The van der Waals surface area contributed by atoms with E-state index in [1.807, 2.05) is 25.1 Å². The van der Waals surface area contributed by atoms with Gasteiger partial charge in [-0.05, 0) is 31.4 Å². The first-order chi connectivity index (χ1) is 10.5. The fourth-order valence-corrected chi connectivity index (χ4v) is 2.27. The summed E-state index contributed by atoms with van der Waals surface area (Å²) in [6, 6.07) is 6.59. The second-order valence-electron chi connectivity index (χ2n) is 5.58. The quantitative estimate of drug-likeness (QED) is 0.620. The predicted octanol–water partition coefficient (Wildman–Crippen LogP) is 0.586. The lowest BCUT2D eigenvalue weighted by Crippen LogP contribution is -2.93. The van der Waals surface area contributed by atoms with Crippen molar-refractivity contribution >= 4 is 17.6 Å². The first kappa shape index (κ1) is 18.2. The number of aryl methyl sites for hydroxylation is 1. The van der Waals surface area contributed by atoms with Gasteiger partial charge in [-0.3, -0.25) is 4.79 Å². The van der Waals surface area contributed by atoms with E-state index < -0.39 is 12.0 Å². The van der Waals surface area contributed by atoms with Crippen LogP contribution in [0.4, 0.5) is 5.69 Å². The molecule has 1 rings (SSSR count). The maximum atomic E-state index is 12.0. The highest BCUT2D eigenvalue weighted by atomic mass is 16.4. The van der Waals surface area contributed by atoms with Crippen LogP contribution in [0.25, 0.3) is 0 Å². The van der Waals surface area contributed by atoms with E-state index in [2.05, 4.69) is 12.2 Å². The van der Waals surface area contributed by atoms with Crippen LogP contribution in [0.5, 0.6) is 0 Å². The molecule has 22 heavy (non-hydrogen) atoms. The van der Waals surface area contributed by atoms with Crippen LogP contribution in [-0.4, -0.2) is 24.5 Å². The Kier molecular flexibility index (Phi) is 8.22. The number of carboxylic acid groups (broad SMARTS) is 1. The number of nitrogens with two attached hydrogens (primary N) is 1. The maximum absolute atomic E-state index is 12.0. The smallest absolute Gasteiger partial charge is 0.230 e. The Balaban J connectivity index is 2.44. The van der Waals surface area contributed by atoms with E-state index in [0.29, 0.717) is 12.2 Å².